The molecule has 0 aromatic carbocycles. The van der Waals surface area contributed by atoms with Gasteiger partial charge in [0.2, 0.25) is 0 Å². The fraction of sp³-hybridized carbons (Fsp3) is 0.667. The normalized spacial score (nSPS) is 18.3. The third-order valence-corrected chi connectivity index (χ3v) is 4.20. The predicted octanol–water partition coefficient (Wildman–Crippen LogP) is 1.70. The lowest BCUT2D eigenvalue weighted by Gasteiger charge is -2.31. The molecule has 1 atom stereocenters. The number of nitrogens with one attached hydrogen (secondary N) is 1. The second-order valence-electron chi connectivity index (χ2n) is 4.35. The van der Waals surface area contributed by atoms with Gasteiger partial charge in [0.25, 0.3) is 5.22 Å². The summed E-state index contributed by atoms with van der Waals surface area (Å²) in [5, 5.41) is 3.89. The number of carbonyl (C=O) groups is 1. The van der Waals surface area contributed by atoms with Gasteiger partial charge in [-0.1, -0.05) is 18.7 Å². The van der Waals surface area contributed by atoms with Gasteiger partial charge in [-0.2, -0.15) is 0 Å². The Bertz CT molecular complexity index is 392. The van der Waals surface area contributed by atoms with E-state index in [1.54, 1.807) is 6.20 Å². The van der Waals surface area contributed by atoms with Crippen molar-refractivity contribution in [1.82, 2.24) is 10.3 Å². The van der Waals surface area contributed by atoms with E-state index in [1.165, 1.54) is 25.1 Å². The molecule has 0 spiro atoms. The molecule has 0 bridgehead atoms. The van der Waals surface area contributed by atoms with Crippen LogP contribution in [0.1, 0.15) is 19.8 Å². The molecule has 1 aliphatic carbocycles. The Kier molecular flexibility index (Phi) is 4.29. The minimum Gasteiger partial charge on any atom is -0.468 e. The van der Waals surface area contributed by atoms with Gasteiger partial charge in [-0.25, -0.2) is 4.98 Å². The molecule has 0 radical (unpaired) electrons. The van der Waals surface area contributed by atoms with E-state index in [1.807, 2.05) is 6.92 Å². The van der Waals surface area contributed by atoms with Gasteiger partial charge in [0.15, 0.2) is 0 Å². The van der Waals surface area contributed by atoms with Gasteiger partial charge in [-0.05, 0) is 25.3 Å². The minimum atomic E-state index is -0.608. The molecule has 1 aromatic heterocycles. The van der Waals surface area contributed by atoms with Crippen LogP contribution in [0.25, 0.3) is 0 Å². The molecule has 18 heavy (non-hydrogen) atoms. The Morgan fingerprint density at radius 2 is 2.50 bits per heavy atom. The highest BCUT2D eigenvalue weighted by Gasteiger charge is 2.51. The summed E-state index contributed by atoms with van der Waals surface area (Å²) in [7, 11) is 1.44. The fourth-order valence-electron chi connectivity index (χ4n) is 2.14. The van der Waals surface area contributed by atoms with Crippen LogP contribution in [-0.2, 0) is 9.53 Å². The Hall–Kier alpha value is -1.01. The molecule has 2 rings (SSSR count). The number of likely N-dealkylation sites (N-methyl/N-ethyl adjacent to an activating group) is 1. The van der Waals surface area contributed by atoms with Gasteiger partial charge in [-0.15, -0.1) is 0 Å². The maximum atomic E-state index is 12.1. The number of aromatic nitrogens is 1. The van der Waals surface area contributed by atoms with Crippen molar-refractivity contribution in [2.75, 3.05) is 19.4 Å². The van der Waals surface area contributed by atoms with Gasteiger partial charge in [0.1, 0.15) is 11.8 Å². The number of esters is 1. The SMILES string of the molecule is CCNC(CSc1ncco1)(C(=O)OC)C1CC1. The molecule has 0 saturated heterocycles. The Morgan fingerprint density at radius 3 is 3.00 bits per heavy atom. The molecule has 1 aromatic rings. The second kappa shape index (κ2) is 5.75. The molecule has 1 unspecified atom stereocenters. The largest absolute Gasteiger partial charge is 0.468 e. The lowest BCUT2D eigenvalue weighted by atomic mass is 9.95. The maximum Gasteiger partial charge on any atom is 0.327 e. The number of hydrogen-bond donors (Lipinski definition) is 1. The van der Waals surface area contributed by atoms with Crippen molar-refractivity contribution in [3.8, 4) is 0 Å². The zero-order valence-corrected chi connectivity index (χ0v) is 11.5. The van der Waals surface area contributed by atoms with E-state index >= 15 is 0 Å². The lowest BCUT2D eigenvalue weighted by Crippen LogP contribution is -2.56. The summed E-state index contributed by atoms with van der Waals surface area (Å²) < 4.78 is 10.2. The monoisotopic (exact) mass is 270 g/mol. The number of nitrogens with zero attached hydrogens (tertiary/aromatic N) is 1. The number of thioether (sulfide) groups is 1. The summed E-state index contributed by atoms with van der Waals surface area (Å²) in [4.78, 5) is 16.2. The van der Waals surface area contributed by atoms with Gasteiger partial charge < -0.3 is 14.5 Å². The molecule has 1 saturated carbocycles. The molecule has 6 heteroatoms. The number of oxazole rings is 1. The van der Waals surface area contributed by atoms with Crippen LogP contribution in [0, 0.1) is 5.92 Å². The molecule has 0 amide bonds. The van der Waals surface area contributed by atoms with Crippen molar-refractivity contribution < 1.29 is 13.9 Å². The third kappa shape index (κ3) is 2.70. The molecule has 1 heterocycles. The first-order chi connectivity index (χ1) is 8.73. The molecule has 100 valence electrons. The van der Waals surface area contributed by atoms with E-state index in [9.17, 15) is 4.79 Å². The maximum absolute atomic E-state index is 12.1. The highest BCUT2D eigenvalue weighted by Crippen LogP contribution is 2.42. The molecule has 1 fully saturated rings. The highest BCUT2D eigenvalue weighted by atomic mass is 32.2. The Morgan fingerprint density at radius 1 is 1.72 bits per heavy atom. The quantitative estimate of drug-likeness (QED) is 0.601. The molecular formula is C12H18N2O3S. The topological polar surface area (TPSA) is 64.4 Å². The lowest BCUT2D eigenvalue weighted by molar-refractivity contribution is -0.148. The molecule has 0 aliphatic heterocycles. The number of hydrogen-bond acceptors (Lipinski definition) is 6. The summed E-state index contributed by atoms with van der Waals surface area (Å²) in [5.41, 5.74) is -0.608. The fourth-order valence-corrected chi connectivity index (χ4v) is 3.21. The average Bonchev–Trinajstić information content (AvgIpc) is 3.11. The predicted molar refractivity (Wildman–Crippen MR) is 68.4 cm³/mol. The van der Waals surface area contributed by atoms with Crippen LogP contribution in [0.15, 0.2) is 22.1 Å². The van der Waals surface area contributed by atoms with E-state index < -0.39 is 5.54 Å². The summed E-state index contributed by atoms with van der Waals surface area (Å²) in [5.74, 6) is 0.747. The first-order valence-corrected chi connectivity index (χ1v) is 7.07. The first-order valence-electron chi connectivity index (χ1n) is 6.08. The van der Waals surface area contributed by atoms with Crippen molar-refractivity contribution >= 4 is 17.7 Å². The van der Waals surface area contributed by atoms with Crippen molar-refractivity contribution in [1.29, 1.82) is 0 Å². The van der Waals surface area contributed by atoms with E-state index in [-0.39, 0.29) is 5.97 Å². The number of rotatable bonds is 7. The Balaban J connectivity index is 2.09. The van der Waals surface area contributed by atoms with Gasteiger partial charge in [-0.3, -0.25) is 4.79 Å². The van der Waals surface area contributed by atoms with Crippen LogP contribution in [0.2, 0.25) is 0 Å². The van der Waals surface area contributed by atoms with E-state index in [4.69, 9.17) is 9.15 Å². The van der Waals surface area contributed by atoms with Gasteiger partial charge >= 0.3 is 5.97 Å². The second-order valence-corrected chi connectivity index (χ2v) is 5.28. The first kappa shape index (κ1) is 13.4. The average molecular weight is 270 g/mol. The third-order valence-electron chi connectivity index (χ3n) is 3.15. The summed E-state index contributed by atoms with van der Waals surface area (Å²) in [6.07, 6.45) is 5.27. The van der Waals surface area contributed by atoms with E-state index in [0.717, 1.165) is 19.4 Å². The minimum absolute atomic E-state index is 0.189. The smallest absolute Gasteiger partial charge is 0.327 e. The van der Waals surface area contributed by atoms with Crippen molar-refractivity contribution in [2.45, 2.75) is 30.5 Å². The van der Waals surface area contributed by atoms with Crippen LogP contribution >= 0.6 is 11.8 Å². The summed E-state index contributed by atoms with van der Waals surface area (Å²) in [6, 6.07) is 0. The van der Waals surface area contributed by atoms with Crippen LogP contribution in [0.5, 0.6) is 0 Å². The molecule has 1 N–H and O–H groups in total. The zero-order valence-electron chi connectivity index (χ0n) is 10.6. The van der Waals surface area contributed by atoms with Crippen molar-refractivity contribution in [3.05, 3.63) is 12.5 Å². The molecule has 5 nitrogen and oxygen atoms in total. The summed E-state index contributed by atoms with van der Waals surface area (Å²) >= 11 is 1.44. The highest BCUT2D eigenvalue weighted by molar-refractivity contribution is 7.99. The molecule has 1 aliphatic rings. The van der Waals surface area contributed by atoms with Crippen LogP contribution in [-0.4, -0.2) is 35.9 Å². The van der Waals surface area contributed by atoms with Gasteiger partial charge in [0.05, 0.1) is 13.3 Å². The van der Waals surface area contributed by atoms with E-state index in [0.29, 0.717) is 16.9 Å². The van der Waals surface area contributed by atoms with Gasteiger partial charge in [0, 0.05) is 5.75 Å². The number of carbonyl (C=O) groups excluding carboxylic acids is 1. The standard InChI is InChI=1S/C12H18N2O3S/c1-3-14-12(9-4-5-9,10(15)16-2)8-18-11-13-6-7-17-11/h6-7,9,14H,3-5,8H2,1-2H3. The van der Waals surface area contributed by atoms with E-state index in [2.05, 4.69) is 10.3 Å². The van der Waals surface area contributed by atoms with Crippen LogP contribution in [0.3, 0.4) is 0 Å². The Labute approximate surface area is 111 Å². The molecular weight excluding hydrogens is 252 g/mol. The van der Waals surface area contributed by atoms with Crippen molar-refractivity contribution in [2.24, 2.45) is 5.92 Å². The number of ether oxygens (including phenoxy) is 1. The van der Waals surface area contributed by atoms with Crippen LogP contribution < -0.4 is 5.32 Å². The zero-order chi connectivity index (χ0) is 13.0. The van der Waals surface area contributed by atoms with Crippen molar-refractivity contribution in [3.63, 3.8) is 0 Å². The number of methoxy groups -OCH3 is 1. The summed E-state index contributed by atoms with van der Waals surface area (Å²) in [6.45, 7) is 2.73. The van der Waals surface area contributed by atoms with Crippen LogP contribution in [0.4, 0.5) is 0 Å².